The van der Waals surface area contributed by atoms with E-state index in [2.05, 4.69) is 30.5 Å². The molecule has 0 spiro atoms. The van der Waals surface area contributed by atoms with Gasteiger partial charge in [0.05, 0.1) is 17.3 Å². The number of nitrogens with two attached hydrogens (primary N) is 1. The van der Waals surface area contributed by atoms with E-state index in [4.69, 9.17) is 10.8 Å². The molecular weight excluding hydrogens is 246 g/mol. The largest absolute Gasteiger partial charge is 0.271 e. The van der Waals surface area contributed by atoms with Gasteiger partial charge >= 0.3 is 0 Å². The summed E-state index contributed by atoms with van der Waals surface area (Å²) >= 11 is 0. The van der Waals surface area contributed by atoms with Crippen molar-refractivity contribution in [3.63, 3.8) is 0 Å². The number of benzene rings is 1. The Balaban J connectivity index is 1.98. The third kappa shape index (κ3) is 4.02. The lowest BCUT2D eigenvalue weighted by Gasteiger charge is -2.15. The zero-order valence-corrected chi connectivity index (χ0v) is 12.3. The first-order valence-electron chi connectivity index (χ1n) is 7.67. The number of unbranched alkanes of at least 4 members (excludes halogenated alkanes) is 4. The summed E-state index contributed by atoms with van der Waals surface area (Å²) in [7, 11) is 0. The number of aromatic nitrogens is 1. The quantitative estimate of drug-likeness (QED) is 0.432. The van der Waals surface area contributed by atoms with E-state index in [1.54, 1.807) is 0 Å². The monoisotopic (exact) mass is 271 g/mol. The van der Waals surface area contributed by atoms with Crippen molar-refractivity contribution in [3.8, 4) is 0 Å². The summed E-state index contributed by atoms with van der Waals surface area (Å²) in [6.45, 7) is 2.24. The van der Waals surface area contributed by atoms with Crippen LogP contribution in [0.2, 0.25) is 0 Å². The summed E-state index contributed by atoms with van der Waals surface area (Å²) in [6.07, 6.45) is 7.45. The minimum atomic E-state index is 0.154. The highest BCUT2D eigenvalue weighted by atomic mass is 15.2. The van der Waals surface area contributed by atoms with Gasteiger partial charge in [0.2, 0.25) is 0 Å². The third-order valence-corrected chi connectivity index (χ3v) is 3.77. The van der Waals surface area contributed by atoms with Gasteiger partial charge < -0.3 is 0 Å². The minimum absolute atomic E-state index is 0.154. The predicted octanol–water partition coefficient (Wildman–Crippen LogP) is 4.10. The molecule has 1 unspecified atom stereocenters. The van der Waals surface area contributed by atoms with Crippen LogP contribution in [0.4, 0.5) is 0 Å². The number of hydrogen-bond acceptors (Lipinski definition) is 3. The number of nitrogens with one attached hydrogen (secondary N) is 1. The van der Waals surface area contributed by atoms with Crippen molar-refractivity contribution in [1.82, 2.24) is 10.4 Å². The number of fused-ring (bicyclic) bond motifs is 1. The summed E-state index contributed by atoms with van der Waals surface area (Å²) in [5, 5.41) is 1.18. The minimum Gasteiger partial charge on any atom is -0.271 e. The molecule has 0 aliphatic heterocycles. The van der Waals surface area contributed by atoms with Gasteiger partial charge in [0.15, 0.2) is 0 Å². The lowest BCUT2D eigenvalue weighted by Crippen LogP contribution is -2.28. The van der Waals surface area contributed by atoms with E-state index >= 15 is 0 Å². The van der Waals surface area contributed by atoms with Crippen LogP contribution in [-0.4, -0.2) is 4.98 Å². The maximum atomic E-state index is 5.70. The average molecular weight is 271 g/mol. The van der Waals surface area contributed by atoms with Gasteiger partial charge in [-0.1, -0.05) is 63.3 Å². The van der Waals surface area contributed by atoms with E-state index in [-0.39, 0.29) is 6.04 Å². The van der Waals surface area contributed by atoms with Crippen molar-refractivity contribution in [2.24, 2.45) is 5.84 Å². The Kier molecular flexibility index (Phi) is 5.96. The molecule has 0 aliphatic carbocycles. The number of hydrazine groups is 1. The maximum absolute atomic E-state index is 5.70. The fourth-order valence-corrected chi connectivity index (χ4v) is 2.54. The standard InChI is InChI=1S/C17H25N3/c1-2-3-4-5-6-11-17(20-18)16-13-12-14-9-7-8-10-15(14)19-16/h7-10,12-13,17,20H,2-6,11,18H2,1H3. The van der Waals surface area contributed by atoms with Crippen LogP contribution in [0.25, 0.3) is 10.9 Å². The van der Waals surface area contributed by atoms with Crippen molar-refractivity contribution < 1.29 is 0 Å². The molecule has 2 rings (SSSR count). The van der Waals surface area contributed by atoms with Crippen LogP contribution in [0.5, 0.6) is 0 Å². The number of nitrogens with zero attached hydrogens (tertiary/aromatic N) is 1. The summed E-state index contributed by atoms with van der Waals surface area (Å²) in [5.41, 5.74) is 4.99. The first kappa shape index (κ1) is 14.9. The fourth-order valence-electron chi connectivity index (χ4n) is 2.54. The number of hydrogen-bond donors (Lipinski definition) is 2. The van der Waals surface area contributed by atoms with E-state index in [0.29, 0.717) is 0 Å². The molecule has 0 bridgehead atoms. The smallest absolute Gasteiger partial charge is 0.0706 e. The molecule has 0 radical (unpaired) electrons. The normalized spacial score (nSPS) is 12.7. The van der Waals surface area contributed by atoms with Crippen LogP contribution >= 0.6 is 0 Å². The molecule has 3 heteroatoms. The van der Waals surface area contributed by atoms with Gasteiger partial charge in [0, 0.05) is 5.39 Å². The van der Waals surface area contributed by atoms with E-state index in [9.17, 15) is 0 Å². The van der Waals surface area contributed by atoms with Gasteiger partial charge in [-0.25, -0.2) is 0 Å². The van der Waals surface area contributed by atoms with Crippen molar-refractivity contribution >= 4 is 10.9 Å². The molecule has 0 fully saturated rings. The lowest BCUT2D eigenvalue weighted by atomic mass is 10.0. The molecule has 0 saturated carbocycles. The Morgan fingerprint density at radius 2 is 1.85 bits per heavy atom. The van der Waals surface area contributed by atoms with Crippen molar-refractivity contribution in [1.29, 1.82) is 0 Å². The molecule has 108 valence electrons. The molecule has 20 heavy (non-hydrogen) atoms. The zero-order chi connectivity index (χ0) is 14.2. The molecule has 0 saturated heterocycles. The molecule has 0 aliphatic rings. The molecule has 2 aromatic rings. The molecule has 0 amide bonds. The van der Waals surface area contributed by atoms with E-state index in [1.165, 1.54) is 37.5 Å². The second kappa shape index (κ2) is 7.98. The SMILES string of the molecule is CCCCCCCC(NN)c1ccc2ccccc2n1. The second-order valence-electron chi connectivity index (χ2n) is 5.35. The molecule has 1 atom stereocenters. The zero-order valence-electron chi connectivity index (χ0n) is 12.3. The molecule has 1 aromatic carbocycles. The van der Waals surface area contributed by atoms with Gasteiger partial charge in [-0.2, -0.15) is 0 Å². The van der Waals surface area contributed by atoms with Crippen LogP contribution < -0.4 is 11.3 Å². The van der Waals surface area contributed by atoms with Crippen molar-refractivity contribution in [3.05, 3.63) is 42.1 Å². The van der Waals surface area contributed by atoms with Crippen LogP contribution in [0.15, 0.2) is 36.4 Å². The third-order valence-electron chi connectivity index (χ3n) is 3.77. The van der Waals surface area contributed by atoms with Crippen LogP contribution in [0.3, 0.4) is 0 Å². The Hall–Kier alpha value is -1.45. The number of rotatable bonds is 8. The summed E-state index contributed by atoms with van der Waals surface area (Å²) in [4.78, 5) is 4.72. The first-order valence-corrected chi connectivity index (χ1v) is 7.67. The summed E-state index contributed by atoms with van der Waals surface area (Å²) in [6, 6.07) is 12.6. The second-order valence-corrected chi connectivity index (χ2v) is 5.35. The van der Waals surface area contributed by atoms with Gasteiger partial charge in [-0.05, 0) is 18.6 Å². The first-order chi connectivity index (χ1) is 9.85. The number of para-hydroxylation sites is 1. The Morgan fingerprint density at radius 3 is 2.65 bits per heavy atom. The van der Waals surface area contributed by atoms with Gasteiger partial charge in [-0.3, -0.25) is 16.3 Å². The van der Waals surface area contributed by atoms with Gasteiger partial charge in [0.1, 0.15) is 0 Å². The predicted molar refractivity (Wildman–Crippen MR) is 85.2 cm³/mol. The lowest BCUT2D eigenvalue weighted by molar-refractivity contribution is 0.471. The molecular formula is C17H25N3. The van der Waals surface area contributed by atoms with Crippen molar-refractivity contribution in [2.45, 2.75) is 51.5 Å². The topological polar surface area (TPSA) is 50.9 Å². The fraction of sp³-hybridized carbons (Fsp3) is 0.471. The summed E-state index contributed by atoms with van der Waals surface area (Å²) in [5.74, 6) is 5.70. The van der Waals surface area contributed by atoms with Crippen molar-refractivity contribution in [2.75, 3.05) is 0 Å². The molecule has 3 N–H and O–H groups in total. The Bertz CT molecular complexity index is 524. The van der Waals surface area contributed by atoms with E-state index < -0.39 is 0 Å². The Morgan fingerprint density at radius 1 is 1.05 bits per heavy atom. The summed E-state index contributed by atoms with van der Waals surface area (Å²) < 4.78 is 0. The number of pyridine rings is 1. The Labute approximate surface area is 121 Å². The highest BCUT2D eigenvalue weighted by Crippen LogP contribution is 2.21. The van der Waals surface area contributed by atoms with E-state index in [1.807, 2.05) is 18.2 Å². The van der Waals surface area contributed by atoms with E-state index in [0.717, 1.165) is 17.6 Å². The maximum Gasteiger partial charge on any atom is 0.0706 e. The van der Waals surface area contributed by atoms with Gasteiger partial charge in [-0.15, -0.1) is 0 Å². The molecule has 3 nitrogen and oxygen atoms in total. The molecule has 1 aromatic heterocycles. The van der Waals surface area contributed by atoms with Crippen LogP contribution in [0.1, 0.15) is 57.2 Å². The van der Waals surface area contributed by atoms with Crippen LogP contribution in [0, 0.1) is 0 Å². The average Bonchev–Trinajstić information content (AvgIpc) is 2.50. The van der Waals surface area contributed by atoms with Gasteiger partial charge in [0.25, 0.3) is 0 Å². The highest BCUT2D eigenvalue weighted by molar-refractivity contribution is 5.78. The van der Waals surface area contributed by atoms with Crippen LogP contribution in [-0.2, 0) is 0 Å². The highest BCUT2D eigenvalue weighted by Gasteiger charge is 2.11. The molecule has 1 heterocycles.